The first-order valence-electron chi connectivity index (χ1n) is 7.04. The molecule has 21 heavy (non-hydrogen) atoms. The van der Waals surface area contributed by atoms with Gasteiger partial charge in [-0.05, 0) is 30.4 Å². The fourth-order valence-corrected chi connectivity index (χ4v) is 3.89. The van der Waals surface area contributed by atoms with E-state index >= 15 is 0 Å². The van der Waals surface area contributed by atoms with E-state index in [1.165, 1.54) is 10.4 Å². The molecule has 0 aromatic carbocycles. The molecule has 1 N–H and O–H groups in total. The maximum Gasteiger partial charge on any atom is 0.334 e. The number of ether oxygens (including phenoxy) is 1. The van der Waals surface area contributed by atoms with Crippen LogP contribution in [0.15, 0.2) is 11.4 Å². The minimum atomic E-state index is -1.01. The van der Waals surface area contributed by atoms with Crippen LogP contribution in [0.1, 0.15) is 23.4 Å². The van der Waals surface area contributed by atoms with Gasteiger partial charge in [-0.15, -0.1) is 11.3 Å². The van der Waals surface area contributed by atoms with E-state index in [1.54, 1.807) is 16.2 Å². The molecule has 6 nitrogen and oxygen atoms in total. The SMILES string of the molecule is CC1c2ccsc2CCN1C(=O)N1CCOC(C(=O)O)C1. The molecule has 2 aliphatic rings. The van der Waals surface area contributed by atoms with E-state index in [9.17, 15) is 9.59 Å². The van der Waals surface area contributed by atoms with Gasteiger partial charge >= 0.3 is 12.0 Å². The van der Waals surface area contributed by atoms with Gasteiger partial charge in [0.1, 0.15) is 0 Å². The van der Waals surface area contributed by atoms with Crippen LogP contribution in [0.5, 0.6) is 0 Å². The van der Waals surface area contributed by atoms with Crippen molar-refractivity contribution in [2.75, 3.05) is 26.2 Å². The molecular formula is C14H18N2O4S. The highest BCUT2D eigenvalue weighted by atomic mass is 32.1. The van der Waals surface area contributed by atoms with Crippen LogP contribution in [0.3, 0.4) is 0 Å². The van der Waals surface area contributed by atoms with E-state index in [0.29, 0.717) is 13.1 Å². The molecule has 3 heterocycles. The summed E-state index contributed by atoms with van der Waals surface area (Å²) in [6, 6.07) is 2.02. The number of rotatable bonds is 1. The number of nitrogens with zero attached hydrogens (tertiary/aromatic N) is 2. The lowest BCUT2D eigenvalue weighted by atomic mass is 10.0. The lowest BCUT2D eigenvalue weighted by molar-refractivity contribution is -0.154. The Hall–Kier alpha value is -1.60. The lowest BCUT2D eigenvalue weighted by Crippen LogP contribution is -2.54. The van der Waals surface area contributed by atoms with Crippen molar-refractivity contribution >= 4 is 23.3 Å². The summed E-state index contributed by atoms with van der Waals surface area (Å²) < 4.78 is 5.17. The number of aliphatic carboxylic acids is 1. The predicted octanol–water partition coefficient (Wildman–Crippen LogP) is 1.57. The zero-order valence-corrected chi connectivity index (χ0v) is 12.6. The molecule has 7 heteroatoms. The molecule has 3 rings (SSSR count). The molecule has 2 aliphatic heterocycles. The second-order valence-electron chi connectivity index (χ2n) is 5.34. The number of thiophene rings is 1. The minimum Gasteiger partial charge on any atom is -0.479 e. The number of morpholine rings is 1. The number of hydrogen-bond donors (Lipinski definition) is 1. The lowest BCUT2D eigenvalue weighted by Gasteiger charge is -2.39. The van der Waals surface area contributed by atoms with Crippen LogP contribution >= 0.6 is 11.3 Å². The van der Waals surface area contributed by atoms with E-state index in [1.807, 2.05) is 11.8 Å². The smallest absolute Gasteiger partial charge is 0.334 e. The summed E-state index contributed by atoms with van der Waals surface area (Å²) in [5.41, 5.74) is 1.21. The summed E-state index contributed by atoms with van der Waals surface area (Å²) in [5.74, 6) is -1.01. The normalized spacial score (nSPS) is 25.6. The molecule has 0 saturated carbocycles. The molecule has 0 aliphatic carbocycles. The monoisotopic (exact) mass is 310 g/mol. The summed E-state index contributed by atoms with van der Waals surface area (Å²) in [5, 5.41) is 11.1. The Balaban J connectivity index is 1.72. The van der Waals surface area contributed by atoms with Gasteiger partial charge in [0.2, 0.25) is 0 Å². The molecule has 1 aromatic heterocycles. The summed E-state index contributed by atoms with van der Waals surface area (Å²) in [6.45, 7) is 3.55. The molecule has 1 saturated heterocycles. The van der Waals surface area contributed by atoms with Crippen molar-refractivity contribution in [3.8, 4) is 0 Å². The summed E-state index contributed by atoms with van der Waals surface area (Å²) in [7, 11) is 0. The van der Waals surface area contributed by atoms with Gasteiger partial charge in [0, 0.05) is 18.0 Å². The topological polar surface area (TPSA) is 70.1 Å². The average molecular weight is 310 g/mol. The Morgan fingerprint density at radius 2 is 2.24 bits per heavy atom. The zero-order valence-electron chi connectivity index (χ0n) is 11.8. The van der Waals surface area contributed by atoms with Gasteiger partial charge in [-0.1, -0.05) is 0 Å². The molecule has 2 unspecified atom stereocenters. The third kappa shape index (κ3) is 2.63. The molecule has 2 amide bonds. The van der Waals surface area contributed by atoms with Gasteiger partial charge in [0.25, 0.3) is 0 Å². The van der Waals surface area contributed by atoms with E-state index < -0.39 is 12.1 Å². The first kappa shape index (κ1) is 14.3. The van der Waals surface area contributed by atoms with Crippen LogP contribution in [0.25, 0.3) is 0 Å². The summed E-state index contributed by atoms with van der Waals surface area (Å²) in [6.07, 6.45) is -0.0463. The van der Waals surface area contributed by atoms with E-state index in [-0.39, 0.29) is 25.2 Å². The predicted molar refractivity (Wildman–Crippen MR) is 77.5 cm³/mol. The van der Waals surface area contributed by atoms with Crippen LogP contribution < -0.4 is 0 Å². The Morgan fingerprint density at radius 3 is 3.00 bits per heavy atom. The first-order chi connectivity index (χ1) is 10.1. The van der Waals surface area contributed by atoms with Gasteiger partial charge in [-0.3, -0.25) is 0 Å². The van der Waals surface area contributed by atoms with E-state index in [0.717, 1.165) is 6.42 Å². The maximum absolute atomic E-state index is 12.7. The van der Waals surface area contributed by atoms with Crippen molar-refractivity contribution in [2.45, 2.75) is 25.5 Å². The second-order valence-corrected chi connectivity index (χ2v) is 6.35. The van der Waals surface area contributed by atoms with Gasteiger partial charge in [-0.2, -0.15) is 0 Å². The maximum atomic E-state index is 12.7. The molecule has 0 spiro atoms. The van der Waals surface area contributed by atoms with Gasteiger partial charge in [0.15, 0.2) is 6.10 Å². The van der Waals surface area contributed by atoms with E-state index in [2.05, 4.69) is 11.4 Å². The van der Waals surface area contributed by atoms with Gasteiger partial charge < -0.3 is 19.6 Å². The largest absolute Gasteiger partial charge is 0.479 e. The third-order valence-corrected chi connectivity index (χ3v) is 5.13. The second kappa shape index (κ2) is 5.65. The third-order valence-electron chi connectivity index (χ3n) is 4.14. The van der Waals surface area contributed by atoms with Crippen LogP contribution in [0.2, 0.25) is 0 Å². The Labute approximate surface area is 126 Å². The minimum absolute atomic E-state index is 0.0404. The van der Waals surface area contributed by atoms with Crippen molar-refractivity contribution in [2.24, 2.45) is 0 Å². The highest BCUT2D eigenvalue weighted by molar-refractivity contribution is 7.10. The van der Waals surface area contributed by atoms with Gasteiger partial charge in [0.05, 0.1) is 19.2 Å². The highest BCUT2D eigenvalue weighted by Gasteiger charge is 2.35. The summed E-state index contributed by atoms with van der Waals surface area (Å²) in [4.78, 5) is 28.5. The highest BCUT2D eigenvalue weighted by Crippen LogP contribution is 2.33. The number of carboxylic acids is 1. The number of fused-ring (bicyclic) bond motifs is 1. The van der Waals surface area contributed by atoms with Crippen molar-refractivity contribution in [1.29, 1.82) is 0 Å². The molecule has 0 radical (unpaired) electrons. The van der Waals surface area contributed by atoms with Crippen molar-refractivity contribution in [3.05, 3.63) is 21.9 Å². The number of amides is 2. The van der Waals surface area contributed by atoms with Gasteiger partial charge in [-0.25, -0.2) is 9.59 Å². The van der Waals surface area contributed by atoms with Crippen molar-refractivity contribution < 1.29 is 19.4 Å². The van der Waals surface area contributed by atoms with Crippen LogP contribution in [0, 0.1) is 0 Å². The number of carbonyl (C=O) groups excluding carboxylic acids is 1. The first-order valence-corrected chi connectivity index (χ1v) is 7.92. The van der Waals surface area contributed by atoms with Crippen LogP contribution in [0.4, 0.5) is 4.79 Å². The molecule has 114 valence electrons. The molecule has 2 atom stereocenters. The quantitative estimate of drug-likeness (QED) is 0.855. The van der Waals surface area contributed by atoms with Crippen LogP contribution in [-0.4, -0.2) is 59.3 Å². The number of urea groups is 1. The summed E-state index contributed by atoms with van der Waals surface area (Å²) >= 11 is 1.73. The van der Waals surface area contributed by atoms with E-state index in [4.69, 9.17) is 9.84 Å². The fraction of sp³-hybridized carbons (Fsp3) is 0.571. The number of carbonyl (C=O) groups is 2. The average Bonchev–Trinajstić information content (AvgIpc) is 2.96. The molecular weight excluding hydrogens is 292 g/mol. The zero-order chi connectivity index (χ0) is 15.0. The fourth-order valence-electron chi connectivity index (χ4n) is 2.92. The molecule has 1 fully saturated rings. The van der Waals surface area contributed by atoms with Crippen molar-refractivity contribution in [3.63, 3.8) is 0 Å². The van der Waals surface area contributed by atoms with Crippen LogP contribution in [-0.2, 0) is 16.0 Å². The Kier molecular flexibility index (Phi) is 3.86. The Bertz CT molecular complexity index is 559. The van der Waals surface area contributed by atoms with Crippen molar-refractivity contribution in [1.82, 2.24) is 9.80 Å². The molecule has 1 aromatic rings. The molecule has 0 bridgehead atoms. The Morgan fingerprint density at radius 1 is 1.43 bits per heavy atom. The number of hydrogen-bond acceptors (Lipinski definition) is 4. The standard InChI is InChI=1S/C14H18N2O4S/c1-9-10-3-7-21-12(10)2-4-16(9)14(19)15-5-6-20-11(8-15)13(17)18/h3,7,9,11H,2,4-6,8H2,1H3,(H,17,18). The number of carboxylic acid groups (broad SMARTS) is 1.